The molecule has 0 bridgehead atoms. The van der Waals surface area contributed by atoms with E-state index in [1.54, 1.807) is 6.92 Å². The molecular formula is C10H10O3. The van der Waals surface area contributed by atoms with Gasteiger partial charge in [-0.3, -0.25) is 4.79 Å². The first-order chi connectivity index (χ1) is 6.15. The number of aldehydes is 1. The Hall–Kier alpha value is -1.64. The number of aryl methyl sites for hydroxylation is 1. The molecule has 0 aliphatic heterocycles. The number of benzene rings is 1. The number of carbonyl (C=O) groups is 2. The van der Waals surface area contributed by atoms with E-state index < -0.39 is 0 Å². The van der Waals surface area contributed by atoms with Gasteiger partial charge in [-0.15, -0.1) is 0 Å². The molecule has 0 amide bonds. The van der Waals surface area contributed by atoms with Gasteiger partial charge in [0, 0.05) is 5.56 Å². The Morgan fingerprint density at radius 1 is 1.54 bits per heavy atom. The average molecular weight is 178 g/mol. The fourth-order valence-electron chi connectivity index (χ4n) is 1.15. The topological polar surface area (TPSA) is 54.4 Å². The molecule has 68 valence electrons. The van der Waals surface area contributed by atoms with Crippen LogP contribution in [0.5, 0.6) is 5.75 Å². The summed E-state index contributed by atoms with van der Waals surface area (Å²) in [4.78, 5) is 21.4. The summed E-state index contributed by atoms with van der Waals surface area (Å²) in [7, 11) is 0. The molecule has 1 rings (SSSR count). The van der Waals surface area contributed by atoms with Gasteiger partial charge in [0.1, 0.15) is 12.0 Å². The van der Waals surface area contributed by atoms with Gasteiger partial charge in [0.2, 0.25) is 0 Å². The van der Waals surface area contributed by atoms with E-state index in [4.69, 9.17) is 5.11 Å². The first kappa shape index (κ1) is 9.45. The summed E-state index contributed by atoms with van der Waals surface area (Å²) in [5.41, 5.74) is 1.18. The van der Waals surface area contributed by atoms with Crippen LogP contribution in [0.1, 0.15) is 22.3 Å². The number of aromatic hydroxyl groups is 1. The van der Waals surface area contributed by atoms with Crippen molar-refractivity contribution in [3.8, 4) is 5.75 Å². The van der Waals surface area contributed by atoms with E-state index in [9.17, 15) is 9.59 Å². The maximum absolute atomic E-state index is 11.3. The van der Waals surface area contributed by atoms with Crippen molar-refractivity contribution in [2.24, 2.45) is 0 Å². The zero-order valence-electron chi connectivity index (χ0n) is 7.28. The molecule has 0 spiro atoms. The smallest absolute Gasteiger partial charge is 0.170 e. The molecule has 0 radical (unpaired) electrons. The lowest BCUT2D eigenvalue weighted by Crippen LogP contribution is -2.01. The second-order valence-corrected chi connectivity index (χ2v) is 2.79. The normalized spacial score (nSPS) is 9.62. The minimum absolute atomic E-state index is 0.106. The molecule has 0 aliphatic rings. The van der Waals surface area contributed by atoms with Crippen LogP contribution in [0.4, 0.5) is 0 Å². The molecule has 0 saturated carbocycles. The van der Waals surface area contributed by atoms with Gasteiger partial charge in [-0.2, -0.15) is 0 Å². The van der Waals surface area contributed by atoms with Crippen molar-refractivity contribution in [1.82, 2.24) is 0 Å². The molecule has 0 aliphatic carbocycles. The molecule has 0 saturated heterocycles. The molecule has 1 aromatic rings. The van der Waals surface area contributed by atoms with E-state index >= 15 is 0 Å². The lowest BCUT2D eigenvalue weighted by Gasteiger charge is -2.02. The molecule has 0 fully saturated rings. The fraction of sp³-hybridized carbons (Fsp3) is 0.200. The van der Waals surface area contributed by atoms with E-state index in [1.165, 1.54) is 18.2 Å². The summed E-state index contributed by atoms with van der Waals surface area (Å²) in [6.07, 6.45) is 0.472. The van der Waals surface area contributed by atoms with Crippen LogP contribution in [0, 0.1) is 6.92 Å². The quantitative estimate of drug-likeness (QED) is 0.433. The van der Waals surface area contributed by atoms with Gasteiger partial charge < -0.3 is 9.90 Å². The number of phenols is 1. The zero-order chi connectivity index (χ0) is 9.84. The molecule has 1 aromatic carbocycles. The molecule has 0 heterocycles. The van der Waals surface area contributed by atoms with E-state index in [0.717, 1.165) is 0 Å². The summed E-state index contributed by atoms with van der Waals surface area (Å²) in [6.45, 7) is 1.72. The molecule has 0 aromatic heterocycles. The van der Waals surface area contributed by atoms with Gasteiger partial charge >= 0.3 is 0 Å². The molecular weight excluding hydrogens is 168 g/mol. The lowest BCUT2D eigenvalue weighted by atomic mass is 10.0. The van der Waals surface area contributed by atoms with Gasteiger partial charge in [0.05, 0.1) is 6.42 Å². The third-order valence-corrected chi connectivity index (χ3v) is 1.78. The average Bonchev–Trinajstić information content (AvgIpc) is 2.04. The molecule has 13 heavy (non-hydrogen) atoms. The highest BCUT2D eigenvalue weighted by Crippen LogP contribution is 2.16. The zero-order valence-corrected chi connectivity index (χ0v) is 7.28. The highest BCUT2D eigenvalue weighted by atomic mass is 16.3. The fourth-order valence-corrected chi connectivity index (χ4v) is 1.15. The van der Waals surface area contributed by atoms with Gasteiger partial charge in [0.15, 0.2) is 5.78 Å². The molecule has 0 atom stereocenters. The molecule has 3 heteroatoms. The van der Waals surface area contributed by atoms with Crippen LogP contribution in [0.25, 0.3) is 0 Å². The monoisotopic (exact) mass is 178 g/mol. The maximum atomic E-state index is 11.3. The lowest BCUT2D eigenvalue weighted by molar-refractivity contribution is -0.107. The summed E-state index contributed by atoms with van der Waals surface area (Å²) < 4.78 is 0. The molecule has 1 N–H and O–H groups in total. The van der Waals surface area contributed by atoms with Crippen LogP contribution in [-0.2, 0) is 4.79 Å². The van der Waals surface area contributed by atoms with Crippen LogP contribution in [0.15, 0.2) is 18.2 Å². The van der Waals surface area contributed by atoms with Crippen LogP contribution in [-0.4, -0.2) is 17.2 Å². The Kier molecular flexibility index (Phi) is 2.80. The SMILES string of the molecule is Cc1cc(O)ccc1C(=O)CC=O. The standard InChI is InChI=1S/C10H10O3/c1-7-6-8(12)2-3-9(7)10(13)4-5-11/h2-3,5-6,12H,4H2,1H3. The minimum Gasteiger partial charge on any atom is -0.508 e. The van der Waals surface area contributed by atoms with Crippen molar-refractivity contribution < 1.29 is 14.7 Å². The van der Waals surface area contributed by atoms with Crippen LogP contribution >= 0.6 is 0 Å². The predicted molar refractivity (Wildman–Crippen MR) is 47.9 cm³/mol. The Labute approximate surface area is 76.0 Å². The first-order valence-corrected chi connectivity index (χ1v) is 3.91. The predicted octanol–water partition coefficient (Wildman–Crippen LogP) is 1.47. The van der Waals surface area contributed by atoms with Gasteiger partial charge in [-0.05, 0) is 30.7 Å². The van der Waals surface area contributed by atoms with E-state index in [0.29, 0.717) is 17.4 Å². The molecule has 3 nitrogen and oxygen atoms in total. The highest BCUT2D eigenvalue weighted by molar-refractivity contribution is 6.03. The van der Waals surface area contributed by atoms with Crippen molar-refractivity contribution >= 4 is 12.1 Å². The highest BCUT2D eigenvalue weighted by Gasteiger charge is 2.07. The van der Waals surface area contributed by atoms with Crippen molar-refractivity contribution in [2.45, 2.75) is 13.3 Å². The summed E-state index contributed by atoms with van der Waals surface area (Å²) in [5, 5.41) is 9.07. The molecule has 0 unspecified atom stereocenters. The van der Waals surface area contributed by atoms with Crippen LogP contribution in [0.2, 0.25) is 0 Å². The van der Waals surface area contributed by atoms with E-state index in [2.05, 4.69) is 0 Å². The summed E-state index contributed by atoms with van der Waals surface area (Å²) >= 11 is 0. The minimum atomic E-state index is -0.215. The number of hydrogen-bond acceptors (Lipinski definition) is 3. The third-order valence-electron chi connectivity index (χ3n) is 1.78. The summed E-state index contributed by atoms with van der Waals surface area (Å²) in [6, 6.07) is 4.46. The Morgan fingerprint density at radius 2 is 2.23 bits per heavy atom. The summed E-state index contributed by atoms with van der Waals surface area (Å²) in [5.74, 6) is -0.0901. The van der Waals surface area contributed by atoms with Gasteiger partial charge in [-0.25, -0.2) is 0 Å². The van der Waals surface area contributed by atoms with Crippen LogP contribution in [0.3, 0.4) is 0 Å². The number of ketones is 1. The first-order valence-electron chi connectivity index (χ1n) is 3.91. The Morgan fingerprint density at radius 3 is 2.77 bits per heavy atom. The van der Waals surface area contributed by atoms with Crippen molar-refractivity contribution in [3.05, 3.63) is 29.3 Å². The van der Waals surface area contributed by atoms with Crippen LogP contribution < -0.4 is 0 Å². The second kappa shape index (κ2) is 3.85. The maximum Gasteiger partial charge on any atom is 0.170 e. The van der Waals surface area contributed by atoms with Gasteiger partial charge in [-0.1, -0.05) is 0 Å². The third kappa shape index (κ3) is 2.15. The van der Waals surface area contributed by atoms with Crippen molar-refractivity contribution in [1.29, 1.82) is 0 Å². The Bertz CT molecular complexity index is 342. The number of carbonyl (C=O) groups excluding carboxylic acids is 2. The van der Waals surface area contributed by atoms with E-state index in [-0.39, 0.29) is 18.0 Å². The number of hydrogen-bond donors (Lipinski definition) is 1. The van der Waals surface area contributed by atoms with Gasteiger partial charge in [0.25, 0.3) is 0 Å². The number of rotatable bonds is 3. The second-order valence-electron chi connectivity index (χ2n) is 2.79. The Balaban J connectivity index is 3.01. The largest absolute Gasteiger partial charge is 0.508 e. The van der Waals surface area contributed by atoms with Crippen molar-refractivity contribution in [2.75, 3.05) is 0 Å². The number of phenolic OH excluding ortho intramolecular Hbond substituents is 1. The number of Topliss-reactive ketones (excluding diaryl/α,β-unsaturated/α-hetero) is 1. The van der Waals surface area contributed by atoms with Crippen molar-refractivity contribution in [3.63, 3.8) is 0 Å². The van der Waals surface area contributed by atoms with E-state index in [1.807, 2.05) is 0 Å².